The average molecular weight is 265 g/mol. The Hall–Kier alpha value is -1.92. The van der Waals surface area contributed by atoms with Gasteiger partial charge in [0.2, 0.25) is 5.91 Å². The molecule has 2 rings (SSSR count). The van der Waals surface area contributed by atoms with Gasteiger partial charge >= 0.3 is 0 Å². The number of hydrogen-bond donors (Lipinski definition) is 2. The predicted octanol–water partition coefficient (Wildman–Crippen LogP) is 0.182. The van der Waals surface area contributed by atoms with E-state index >= 15 is 0 Å². The molecule has 7 heteroatoms. The number of piperidine rings is 1. The largest absolute Gasteiger partial charge is 0.348 e. The minimum absolute atomic E-state index is 0.0290. The first-order chi connectivity index (χ1) is 9.08. The highest BCUT2D eigenvalue weighted by molar-refractivity contribution is 5.92. The Bertz CT molecular complexity index is 435. The predicted molar refractivity (Wildman–Crippen MR) is 68.3 cm³/mol. The van der Waals surface area contributed by atoms with Gasteiger partial charge in [0.25, 0.3) is 5.91 Å². The summed E-state index contributed by atoms with van der Waals surface area (Å²) < 4.78 is 0. The summed E-state index contributed by atoms with van der Waals surface area (Å²) in [6, 6.07) is 0.0976. The third-order valence-electron chi connectivity index (χ3n) is 3.28. The number of H-pyrrole nitrogens is 1. The van der Waals surface area contributed by atoms with E-state index in [1.54, 1.807) is 0 Å². The molecule has 1 fully saturated rings. The van der Waals surface area contributed by atoms with Crippen LogP contribution in [0.4, 0.5) is 0 Å². The highest BCUT2D eigenvalue weighted by atomic mass is 16.2. The lowest BCUT2D eigenvalue weighted by Gasteiger charge is -2.33. The van der Waals surface area contributed by atoms with Crippen molar-refractivity contribution in [3.63, 3.8) is 0 Å². The van der Waals surface area contributed by atoms with E-state index in [0.29, 0.717) is 18.8 Å². The van der Waals surface area contributed by atoms with E-state index in [9.17, 15) is 9.59 Å². The van der Waals surface area contributed by atoms with Gasteiger partial charge in [-0.25, -0.2) is 0 Å². The number of carbonyl (C=O) groups excluding carboxylic acids is 2. The molecule has 0 radical (unpaired) electrons. The van der Waals surface area contributed by atoms with Gasteiger partial charge in [0.1, 0.15) is 0 Å². The van der Waals surface area contributed by atoms with Gasteiger partial charge in [-0.1, -0.05) is 13.8 Å². The zero-order chi connectivity index (χ0) is 13.8. The molecule has 0 bridgehead atoms. The summed E-state index contributed by atoms with van der Waals surface area (Å²) in [6.45, 7) is 5.20. The van der Waals surface area contributed by atoms with Crippen LogP contribution < -0.4 is 5.32 Å². The number of aromatic amines is 1. The van der Waals surface area contributed by atoms with Crippen molar-refractivity contribution in [2.24, 2.45) is 5.92 Å². The maximum atomic E-state index is 11.8. The summed E-state index contributed by atoms with van der Waals surface area (Å²) in [5.41, 5.74) is 0.292. The Morgan fingerprint density at radius 3 is 2.63 bits per heavy atom. The van der Waals surface area contributed by atoms with Crippen LogP contribution in [0.5, 0.6) is 0 Å². The molecular formula is C12H19N5O2. The first-order valence-electron chi connectivity index (χ1n) is 6.53. The maximum absolute atomic E-state index is 11.8. The van der Waals surface area contributed by atoms with Gasteiger partial charge in [0.15, 0.2) is 5.69 Å². The summed E-state index contributed by atoms with van der Waals surface area (Å²) in [5.74, 6) is -0.00932. The van der Waals surface area contributed by atoms with Gasteiger partial charge in [0.05, 0.1) is 6.20 Å². The van der Waals surface area contributed by atoms with Gasteiger partial charge in [-0.05, 0) is 12.8 Å². The van der Waals surface area contributed by atoms with Crippen LogP contribution in [0.3, 0.4) is 0 Å². The smallest absolute Gasteiger partial charge is 0.273 e. The molecule has 2 N–H and O–H groups in total. The molecular weight excluding hydrogens is 246 g/mol. The van der Waals surface area contributed by atoms with Gasteiger partial charge in [-0.2, -0.15) is 15.4 Å². The second-order valence-corrected chi connectivity index (χ2v) is 5.08. The van der Waals surface area contributed by atoms with Gasteiger partial charge in [-0.3, -0.25) is 9.59 Å². The molecule has 1 aromatic heterocycles. The van der Waals surface area contributed by atoms with Crippen molar-refractivity contribution in [1.82, 2.24) is 25.6 Å². The highest BCUT2D eigenvalue weighted by Crippen LogP contribution is 2.13. The minimum Gasteiger partial charge on any atom is -0.348 e. The zero-order valence-electron chi connectivity index (χ0n) is 11.2. The van der Waals surface area contributed by atoms with Crippen LogP contribution in [0.2, 0.25) is 0 Å². The topological polar surface area (TPSA) is 91.0 Å². The molecule has 0 spiro atoms. The quantitative estimate of drug-likeness (QED) is 0.815. The Labute approximate surface area is 111 Å². The fourth-order valence-corrected chi connectivity index (χ4v) is 2.18. The summed E-state index contributed by atoms with van der Waals surface area (Å²) in [6.07, 6.45) is 2.96. The number of aromatic nitrogens is 3. The lowest BCUT2D eigenvalue weighted by molar-refractivity contribution is -0.135. The van der Waals surface area contributed by atoms with E-state index in [1.807, 2.05) is 18.7 Å². The fraction of sp³-hybridized carbons (Fsp3) is 0.667. The molecule has 0 aliphatic carbocycles. The molecule has 7 nitrogen and oxygen atoms in total. The summed E-state index contributed by atoms with van der Waals surface area (Å²) in [5, 5.41) is 12.7. The standard InChI is InChI=1S/C12H19N5O2/c1-8(2)12(19)17-5-3-9(4-6-17)14-11(18)10-7-13-16-15-10/h7-9H,3-6H2,1-2H3,(H,14,18)(H,13,15,16). The lowest BCUT2D eigenvalue weighted by atomic mass is 10.0. The molecule has 2 amide bonds. The Morgan fingerprint density at radius 1 is 1.42 bits per heavy atom. The lowest BCUT2D eigenvalue weighted by Crippen LogP contribution is -2.47. The van der Waals surface area contributed by atoms with Crippen LogP contribution >= 0.6 is 0 Å². The summed E-state index contributed by atoms with van der Waals surface area (Å²) in [7, 11) is 0. The van der Waals surface area contributed by atoms with Crippen molar-refractivity contribution in [3.8, 4) is 0 Å². The highest BCUT2D eigenvalue weighted by Gasteiger charge is 2.25. The van der Waals surface area contributed by atoms with Gasteiger partial charge in [-0.15, -0.1) is 0 Å². The molecule has 0 unspecified atom stereocenters. The van der Waals surface area contributed by atoms with Crippen molar-refractivity contribution < 1.29 is 9.59 Å². The molecule has 2 heterocycles. The Balaban J connectivity index is 1.81. The maximum Gasteiger partial charge on any atom is 0.273 e. The van der Waals surface area contributed by atoms with Crippen molar-refractivity contribution in [3.05, 3.63) is 11.9 Å². The molecule has 1 aromatic rings. The molecule has 0 atom stereocenters. The average Bonchev–Trinajstić information content (AvgIpc) is 2.92. The number of hydrogen-bond acceptors (Lipinski definition) is 4. The van der Waals surface area contributed by atoms with E-state index in [2.05, 4.69) is 20.7 Å². The third-order valence-corrected chi connectivity index (χ3v) is 3.28. The van der Waals surface area contributed by atoms with Crippen LogP contribution in [-0.2, 0) is 4.79 Å². The van der Waals surface area contributed by atoms with E-state index < -0.39 is 0 Å². The summed E-state index contributed by atoms with van der Waals surface area (Å²) in [4.78, 5) is 25.5. The monoisotopic (exact) mass is 265 g/mol. The molecule has 104 valence electrons. The van der Waals surface area contributed by atoms with Crippen LogP contribution in [0.25, 0.3) is 0 Å². The van der Waals surface area contributed by atoms with Crippen molar-refractivity contribution in [1.29, 1.82) is 0 Å². The number of rotatable bonds is 3. The second-order valence-electron chi connectivity index (χ2n) is 5.08. The van der Waals surface area contributed by atoms with E-state index in [-0.39, 0.29) is 23.8 Å². The number of amides is 2. The van der Waals surface area contributed by atoms with Crippen LogP contribution in [0.1, 0.15) is 37.2 Å². The van der Waals surface area contributed by atoms with Crippen molar-refractivity contribution in [2.75, 3.05) is 13.1 Å². The van der Waals surface area contributed by atoms with Crippen LogP contribution in [0, 0.1) is 5.92 Å². The van der Waals surface area contributed by atoms with Crippen molar-refractivity contribution >= 4 is 11.8 Å². The molecule has 1 aliphatic rings. The summed E-state index contributed by atoms with van der Waals surface area (Å²) >= 11 is 0. The first-order valence-corrected chi connectivity index (χ1v) is 6.53. The van der Waals surface area contributed by atoms with Crippen LogP contribution in [-0.4, -0.2) is 51.3 Å². The normalized spacial score (nSPS) is 16.7. The first kappa shape index (κ1) is 13.5. The Morgan fingerprint density at radius 2 is 2.11 bits per heavy atom. The number of nitrogens with zero attached hydrogens (tertiary/aromatic N) is 3. The fourth-order valence-electron chi connectivity index (χ4n) is 2.18. The van der Waals surface area contributed by atoms with Gasteiger partial charge < -0.3 is 10.2 Å². The SMILES string of the molecule is CC(C)C(=O)N1CCC(NC(=O)c2cn[nH]n2)CC1. The number of nitrogens with one attached hydrogen (secondary N) is 2. The molecule has 0 saturated carbocycles. The van der Waals surface area contributed by atoms with E-state index in [1.165, 1.54) is 6.20 Å². The van der Waals surface area contributed by atoms with Crippen molar-refractivity contribution in [2.45, 2.75) is 32.7 Å². The second kappa shape index (κ2) is 5.81. The molecule has 19 heavy (non-hydrogen) atoms. The molecule has 1 saturated heterocycles. The Kier molecular flexibility index (Phi) is 4.13. The number of likely N-dealkylation sites (tertiary alicyclic amines) is 1. The van der Waals surface area contributed by atoms with E-state index in [0.717, 1.165) is 12.8 Å². The van der Waals surface area contributed by atoms with E-state index in [4.69, 9.17) is 0 Å². The third kappa shape index (κ3) is 3.30. The van der Waals surface area contributed by atoms with Crippen LogP contribution in [0.15, 0.2) is 6.20 Å². The number of carbonyl (C=O) groups is 2. The van der Waals surface area contributed by atoms with Gasteiger partial charge in [0, 0.05) is 25.0 Å². The zero-order valence-corrected chi connectivity index (χ0v) is 11.2. The molecule has 0 aromatic carbocycles. The minimum atomic E-state index is -0.220. The molecule has 1 aliphatic heterocycles.